The summed E-state index contributed by atoms with van der Waals surface area (Å²) in [5.74, 6) is 0.349. The quantitative estimate of drug-likeness (QED) is 0.519. The number of nitrogens with zero attached hydrogens (tertiary/aromatic N) is 3. The Labute approximate surface area is 176 Å². The van der Waals surface area contributed by atoms with Gasteiger partial charge in [0.1, 0.15) is 16.4 Å². The van der Waals surface area contributed by atoms with Gasteiger partial charge in [0.15, 0.2) is 0 Å². The molecule has 0 aromatic carbocycles. The first-order chi connectivity index (χ1) is 14.0. The van der Waals surface area contributed by atoms with Crippen molar-refractivity contribution in [2.75, 3.05) is 19.8 Å². The Balaban J connectivity index is 1.54. The number of rotatable bonds is 8. The van der Waals surface area contributed by atoms with Crippen LogP contribution in [0.15, 0.2) is 0 Å². The molecule has 1 aromatic heterocycles. The lowest BCUT2D eigenvalue weighted by Crippen LogP contribution is -2.44. The maximum absolute atomic E-state index is 13.4. The Morgan fingerprint density at radius 1 is 1.14 bits per heavy atom. The highest BCUT2D eigenvalue weighted by Crippen LogP contribution is 2.31. The van der Waals surface area contributed by atoms with Crippen LogP contribution in [-0.2, 0) is 11.8 Å². The maximum Gasteiger partial charge on any atom is 0.283 e. The van der Waals surface area contributed by atoms with E-state index in [2.05, 4.69) is 5.10 Å². The molecule has 1 aliphatic heterocycles. The van der Waals surface area contributed by atoms with E-state index in [4.69, 9.17) is 16.3 Å². The van der Waals surface area contributed by atoms with Gasteiger partial charge in [-0.05, 0) is 38.0 Å². The zero-order valence-corrected chi connectivity index (χ0v) is 18.0. The van der Waals surface area contributed by atoms with Crippen LogP contribution in [0.5, 0.6) is 0 Å². The lowest BCUT2D eigenvalue weighted by molar-refractivity contribution is 0.0488. The monoisotopic (exact) mass is 431 g/mol. The van der Waals surface area contributed by atoms with Gasteiger partial charge in [0, 0.05) is 32.8 Å². The molecule has 1 saturated heterocycles. The number of aromatic nitrogens is 2. The van der Waals surface area contributed by atoms with Gasteiger partial charge >= 0.3 is 0 Å². The van der Waals surface area contributed by atoms with Crippen molar-refractivity contribution < 1.29 is 18.3 Å². The molecule has 0 bridgehead atoms. The summed E-state index contributed by atoms with van der Waals surface area (Å²) in [7, 11) is 1.47. The first-order valence-electron chi connectivity index (χ1n) is 10.9. The summed E-state index contributed by atoms with van der Waals surface area (Å²) in [6.45, 7) is 1.90. The normalized spacial score (nSPS) is 21.1. The minimum Gasteiger partial charge on any atom is -0.381 e. The first kappa shape index (κ1) is 22.5. The average molecular weight is 432 g/mol. The third-order valence-corrected chi connectivity index (χ3v) is 6.74. The van der Waals surface area contributed by atoms with E-state index in [-0.39, 0.29) is 16.8 Å². The fraction of sp³-hybridized carbons (Fsp3) is 0.810. The summed E-state index contributed by atoms with van der Waals surface area (Å²) in [6, 6.07) is -0.00674. The summed E-state index contributed by atoms with van der Waals surface area (Å²) < 4.78 is 33.7. The van der Waals surface area contributed by atoms with Crippen molar-refractivity contribution in [3.05, 3.63) is 16.4 Å². The smallest absolute Gasteiger partial charge is 0.283 e. The first-order valence-corrected chi connectivity index (χ1v) is 11.3. The molecule has 1 saturated carbocycles. The minimum atomic E-state index is -2.83. The average Bonchev–Trinajstić information content (AvgIpc) is 3.03. The topological polar surface area (TPSA) is 47.4 Å². The fourth-order valence-electron chi connectivity index (χ4n) is 4.63. The molecule has 2 heterocycles. The van der Waals surface area contributed by atoms with Crippen molar-refractivity contribution >= 4 is 17.5 Å². The minimum absolute atomic E-state index is 0.00674. The van der Waals surface area contributed by atoms with Gasteiger partial charge in [0.05, 0.1) is 0 Å². The molecule has 0 radical (unpaired) electrons. The molecule has 0 N–H and O–H groups in total. The third kappa shape index (κ3) is 5.69. The zero-order chi connectivity index (χ0) is 20.8. The molecule has 8 heteroatoms. The Bertz CT molecular complexity index is 677. The number of amides is 1. The number of carbonyl (C=O) groups excluding carboxylic acids is 1. The van der Waals surface area contributed by atoms with Crippen molar-refractivity contribution in [3.8, 4) is 0 Å². The van der Waals surface area contributed by atoms with E-state index in [1.165, 1.54) is 39.2 Å². The van der Waals surface area contributed by atoms with Gasteiger partial charge in [0.25, 0.3) is 12.3 Å². The molecule has 0 spiro atoms. The predicted molar refractivity (Wildman–Crippen MR) is 108 cm³/mol. The molecule has 1 atom stereocenters. The fourth-order valence-corrected chi connectivity index (χ4v) is 4.85. The third-order valence-electron chi connectivity index (χ3n) is 6.30. The summed E-state index contributed by atoms with van der Waals surface area (Å²) in [6.07, 6.45) is 8.40. The summed E-state index contributed by atoms with van der Waals surface area (Å²) in [4.78, 5) is 14.8. The van der Waals surface area contributed by atoms with Crippen molar-refractivity contribution in [2.45, 2.75) is 76.7 Å². The highest BCUT2D eigenvalue weighted by molar-refractivity contribution is 6.33. The highest BCUT2D eigenvalue weighted by Gasteiger charge is 2.34. The van der Waals surface area contributed by atoms with Crippen molar-refractivity contribution in [1.29, 1.82) is 0 Å². The number of carbonyl (C=O) groups is 1. The van der Waals surface area contributed by atoms with Crippen LogP contribution >= 0.6 is 11.6 Å². The van der Waals surface area contributed by atoms with Crippen LogP contribution in [0.3, 0.4) is 0 Å². The van der Waals surface area contributed by atoms with E-state index in [1.54, 1.807) is 4.90 Å². The van der Waals surface area contributed by atoms with E-state index in [9.17, 15) is 13.6 Å². The number of alkyl halides is 2. The van der Waals surface area contributed by atoms with Crippen LogP contribution in [0.2, 0.25) is 5.15 Å². The molecule has 3 rings (SSSR count). The number of aryl methyl sites for hydroxylation is 1. The molecular formula is C21H32ClF2N3O2. The van der Waals surface area contributed by atoms with E-state index in [0.29, 0.717) is 13.2 Å². The number of halogens is 3. The Morgan fingerprint density at radius 2 is 1.83 bits per heavy atom. The van der Waals surface area contributed by atoms with Gasteiger partial charge in [-0.1, -0.05) is 43.7 Å². The van der Waals surface area contributed by atoms with E-state index in [1.807, 2.05) is 0 Å². The van der Waals surface area contributed by atoms with Gasteiger partial charge in [0.2, 0.25) is 0 Å². The number of ether oxygens (including phenoxy) is 1. The van der Waals surface area contributed by atoms with Crippen molar-refractivity contribution in [1.82, 2.24) is 14.7 Å². The van der Waals surface area contributed by atoms with Crippen LogP contribution in [0.1, 0.15) is 86.7 Å². The van der Waals surface area contributed by atoms with Crippen molar-refractivity contribution in [3.63, 3.8) is 0 Å². The van der Waals surface area contributed by atoms with Gasteiger partial charge in [-0.2, -0.15) is 5.10 Å². The van der Waals surface area contributed by atoms with Gasteiger partial charge < -0.3 is 9.64 Å². The maximum atomic E-state index is 13.4. The molecule has 164 valence electrons. The summed E-state index contributed by atoms with van der Waals surface area (Å²) >= 11 is 6.13. The predicted octanol–water partition coefficient (Wildman–Crippen LogP) is 5.38. The van der Waals surface area contributed by atoms with Crippen LogP contribution < -0.4 is 0 Å². The summed E-state index contributed by atoms with van der Waals surface area (Å²) in [5, 5.41) is 3.71. The molecule has 2 aliphatic rings. The number of piperidine rings is 1. The molecule has 29 heavy (non-hydrogen) atoms. The van der Waals surface area contributed by atoms with Gasteiger partial charge in [-0.25, -0.2) is 8.78 Å². The van der Waals surface area contributed by atoms with E-state index < -0.39 is 18.0 Å². The lowest BCUT2D eigenvalue weighted by atomic mass is 9.87. The SMILES string of the molecule is Cn1nc(C(F)F)c(C(=O)N2CCCCC2CCOCCC2CCCCC2)c1Cl. The number of likely N-dealkylation sites (tertiary alicyclic amines) is 1. The standard InChI is InChI=1S/C21H32ClF2N3O2/c1-26-19(22)17(18(25-26)20(23)24)21(28)27-12-6-5-9-16(27)11-14-29-13-10-15-7-3-2-4-8-15/h15-16,20H,2-14H2,1H3. The molecule has 5 nitrogen and oxygen atoms in total. The molecule has 2 fully saturated rings. The Kier molecular flexibility index (Phi) is 8.30. The lowest BCUT2D eigenvalue weighted by Gasteiger charge is -2.36. The molecule has 1 unspecified atom stereocenters. The largest absolute Gasteiger partial charge is 0.381 e. The van der Waals surface area contributed by atoms with Gasteiger partial charge in [-0.3, -0.25) is 9.48 Å². The Morgan fingerprint density at radius 3 is 2.55 bits per heavy atom. The molecule has 1 aliphatic carbocycles. The van der Waals surface area contributed by atoms with Crippen LogP contribution in [-0.4, -0.2) is 46.4 Å². The zero-order valence-electron chi connectivity index (χ0n) is 17.2. The molecule has 1 aromatic rings. The second-order valence-corrected chi connectivity index (χ2v) is 8.68. The van der Waals surface area contributed by atoms with Crippen LogP contribution in [0.25, 0.3) is 0 Å². The van der Waals surface area contributed by atoms with E-state index in [0.717, 1.165) is 49.3 Å². The molecular weight excluding hydrogens is 400 g/mol. The number of hydrogen-bond donors (Lipinski definition) is 0. The number of hydrogen-bond acceptors (Lipinski definition) is 3. The second kappa shape index (κ2) is 10.7. The summed E-state index contributed by atoms with van der Waals surface area (Å²) in [5.41, 5.74) is -0.690. The van der Waals surface area contributed by atoms with E-state index >= 15 is 0 Å². The van der Waals surface area contributed by atoms with Crippen molar-refractivity contribution in [2.24, 2.45) is 13.0 Å². The van der Waals surface area contributed by atoms with Gasteiger partial charge in [-0.15, -0.1) is 0 Å². The highest BCUT2D eigenvalue weighted by atomic mass is 35.5. The molecule has 1 amide bonds. The second-order valence-electron chi connectivity index (χ2n) is 8.32. The van der Waals surface area contributed by atoms with Crippen LogP contribution in [0.4, 0.5) is 8.78 Å². The Hall–Kier alpha value is -1.21. The van der Waals surface area contributed by atoms with Crippen LogP contribution in [0, 0.1) is 5.92 Å².